The van der Waals surface area contributed by atoms with Gasteiger partial charge in [-0.2, -0.15) is 0 Å². The molecule has 0 saturated carbocycles. The fourth-order valence-corrected chi connectivity index (χ4v) is 6.86. The van der Waals surface area contributed by atoms with E-state index in [4.69, 9.17) is 9.47 Å². The molecule has 9 nitrogen and oxygen atoms in total. The minimum Gasteiger partial charge on any atom is -0.454 e. The minimum absolute atomic E-state index is 0.121. The Hall–Kier alpha value is -3.15. The van der Waals surface area contributed by atoms with Crippen LogP contribution in [0, 0.1) is 20.8 Å². The lowest BCUT2D eigenvalue weighted by molar-refractivity contribution is 0.0632. The summed E-state index contributed by atoms with van der Waals surface area (Å²) in [6.07, 6.45) is 0. The van der Waals surface area contributed by atoms with Crippen LogP contribution in [0.5, 0.6) is 11.5 Å². The molecule has 3 heterocycles. The largest absolute Gasteiger partial charge is 0.454 e. The molecule has 1 aromatic heterocycles. The SMILES string of the molecule is Cc1ccc(S(=O)(=O)Nc2nc(C)c(C(=O)N3CCN(Cc4ccc5c(c4)OCO5)CC3)s2)c(C)c1. The van der Waals surface area contributed by atoms with Crippen LogP contribution in [0.4, 0.5) is 5.13 Å². The number of thiazole rings is 1. The number of nitrogens with zero attached hydrogens (tertiary/aromatic N) is 3. The third-order valence-corrected chi connectivity index (χ3v) is 9.02. The number of aromatic nitrogens is 1. The number of ether oxygens (including phenoxy) is 2. The summed E-state index contributed by atoms with van der Waals surface area (Å²) in [5.74, 6) is 1.42. The zero-order valence-corrected chi connectivity index (χ0v) is 22.0. The lowest BCUT2D eigenvalue weighted by Crippen LogP contribution is -2.48. The first-order valence-corrected chi connectivity index (χ1v) is 14.0. The van der Waals surface area contributed by atoms with Crippen molar-refractivity contribution in [3.05, 3.63) is 63.7 Å². The van der Waals surface area contributed by atoms with E-state index < -0.39 is 10.0 Å². The van der Waals surface area contributed by atoms with Gasteiger partial charge in [0.15, 0.2) is 16.6 Å². The summed E-state index contributed by atoms with van der Waals surface area (Å²) in [5, 5.41) is 0.192. The molecule has 5 rings (SSSR count). The number of hydrogen-bond donors (Lipinski definition) is 1. The average molecular weight is 529 g/mol. The Bertz CT molecular complexity index is 1410. The standard InChI is InChI=1S/C25H28N4O5S2/c1-16-4-7-22(17(2)12-16)36(31,32)27-25-26-18(3)23(35-25)24(30)29-10-8-28(9-11-29)14-19-5-6-20-21(13-19)34-15-33-20/h4-7,12-13H,8-11,14-15H2,1-3H3,(H,26,27). The number of carbonyl (C=O) groups is 1. The molecule has 3 aromatic rings. The Kier molecular flexibility index (Phi) is 6.62. The molecule has 0 bridgehead atoms. The Balaban J connectivity index is 1.21. The summed E-state index contributed by atoms with van der Waals surface area (Å²) in [6, 6.07) is 11.1. The van der Waals surface area contributed by atoms with E-state index in [2.05, 4.69) is 14.6 Å². The van der Waals surface area contributed by atoms with Gasteiger partial charge >= 0.3 is 0 Å². The van der Waals surface area contributed by atoms with Crippen LogP contribution in [0.2, 0.25) is 0 Å². The van der Waals surface area contributed by atoms with Gasteiger partial charge in [0.25, 0.3) is 15.9 Å². The zero-order chi connectivity index (χ0) is 25.4. The van der Waals surface area contributed by atoms with Crippen molar-refractivity contribution in [3.8, 4) is 11.5 Å². The summed E-state index contributed by atoms with van der Waals surface area (Å²) in [7, 11) is -3.81. The van der Waals surface area contributed by atoms with Crippen LogP contribution in [-0.4, -0.2) is 62.1 Å². The van der Waals surface area contributed by atoms with Gasteiger partial charge < -0.3 is 14.4 Å². The first kappa shape index (κ1) is 24.5. The molecule has 11 heteroatoms. The summed E-state index contributed by atoms with van der Waals surface area (Å²) >= 11 is 1.07. The Labute approximate surface area is 214 Å². The van der Waals surface area contributed by atoms with Gasteiger partial charge in [-0.3, -0.25) is 14.4 Å². The number of rotatable bonds is 6. The number of benzene rings is 2. The summed E-state index contributed by atoms with van der Waals surface area (Å²) in [4.78, 5) is 22.3. The lowest BCUT2D eigenvalue weighted by Gasteiger charge is -2.34. The number of fused-ring (bicyclic) bond motifs is 1. The van der Waals surface area contributed by atoms with Gasteiger partial charge in [-0.15, -0.1) is 0 Å². The van der Waals surface area contributed by atoms with Crippen molar-refractivity contribution < 1.29 is 22.7 Å². The van der Waals surface area contributed by atoms with E-state index in [1.807, 2.05) is 31.2 Å². The van der Waals surface area contributed by atoms with Crippen LogP contribution in [0.1, 0.15) is 32.1 Å². The van der Waals surface area contributed by atoms with E-state index in [9.17, 15) is 13.2 Å². The molecule has 1 amide bonds. The van der Waals surface area contributed by atoms with Crippen molar-refractivity contribution >= 4 is 32.4 Å². The molecule has 2 aliphatic heterocycles. The van der Waals surface area contributed by atoms with E-state index in [1.54, 1.807) is 30.9 Å². The first-order chi connectivity index (χ1) is 17.2. The lowest BCUT2D eigenvalue weighted by atomic mass is 10.1. The molecule has 0 aliphatic carbocycles. The molecule has 2 aromatic carbocycles. The smallest absolute Gasteiger partial charge is 0.266 e. The second-order valence-electron chi connectivity index (χ2n) is 9.06. The highest BCUT2D eigenvalue weighted by molar-refractivity contribution is 7.93. The van der Waals surface area contributed by atoms with Gasteiger partial charge in [-0.25, -0.2) is 13.4 Å². The highest BCUT2D eigenvalue weighted by Gasteiger charge is 2.27. The maximum absolute atomic E-state index is 13.2. The number of hydrogen-bond acceptors (Lipinski definition) is 8. The number of aryl methyl sites for hydroxylation is 3. The molecule has 0 radical (unpaired) electrons. The van der Waals surface area contributed by atoms with Crippen molar-refractivity contribution in [3.63, 3.8) is 0 Å². The molecule has 1 N–H and O–H groups in total. The second kappa shape index (κ2) is 9.72. The number of carbonyl (C=O) groups excluding carboxylic acids is 1. The third-order valence-electron chi connectivity index (χ3n) is 6.34. The van der Waals surface area contributed by atoms with Gasteiger partial charge in [-0.1, -0.05) is 35.1 Å². The zero-order valence-electron chi connectivity index (χ0n) is 20.4. The average Bonchev–Trinajstić information content (AvgIpc) is 3.44. The van der Waals surface area contributed by atoms with Crippen molar-refractivity contribution in [1.29, 1.82) is 0 Å². The van der Waals surface area contributed by atoms with E-state index >= 15 is 0 Å². The fraction of sp³-hybridized carbons (Fsp3) is 0.360. The molecule has 1 fully saturated rings. The van der Waals surface area contributed by atoms with Crippen molar-refractivity contribution in [2.75, 3.05) is 37.7 Å². The first-order valence-electron chi connectivity index (χ1n) is 11.7. The van der Waals surface area contributed by atoms with Crippen molar-refractivity contribution in [2.45, 2.75) is 32.2 Å². The molecule has 0 unspecified atom stereocenters. The summed E-state index contributed by atoms with van der Waals surface area (Å²) in [6.45, 7) is 9.08. The molecule has 2 aliphatic rings. The highest BCUT2D eigenvalue weighted by atomic mass is 32.2. The van der Waals surface area contributed by atoms with Crippen LogP contribution in [0.25, 0.3) is 0 Å². The predicted octanol–water partition coefficient (Wildman–Crippen LogP) is 3.56. The minimum atomic E-state index is -3.81. The normalized spacial score (nSPS) is 15.8. The number of amides is 1. The Morgan fingerprint density at radius 3 is 2.53 bits per heavy atom. The highest BCUT2D eigenvalue weighted by Crippen LogP contribution is 2.33. The number of anilines is 1. The Morgan fingerprint density at radius 1 is 1.03 bits per heavy atom. The van der Waals surface area contributed by atoms with E-state index in [0.717, 1.165) is 53.6 Å². The van der Waals surface area contributed by atoms with Gasteiger partial charge in [0, 0.05) is 32.7 Å². The molecule has 0 spiro atoms. The topological polar surface area (TPSA) is 101 Å². The molecular formula is C25H28N4O5S2. The van der Waals surface area contributed by atoms with Gasteiger partial charge in [0.2, 0.25) is 6.79 Å². The van der Waals surface area contributed by atoms with Crippen molar-refractivity contribution in [1.82, 2.24) is 14.8 Å². The maximum atomic E-state index is 13.2. The molecule has 190 valence electrons. The molecular weight excluding hydrogens is 500 g/mol. The van der Waals surface area contributed by atoms with Gasteiger partial charge in [-0.05, 0) is 50.1 Å². The molecule has 0 atom stereocenters. The number of nitrogens with one attached hydrogen (secondary N) is 1. The fourth-order valence-electron chi connectivity index (χ4n) is 4.46. The van der Waals surface area contributed by atoms with Crippen LogP contribution < -0.4 is 14.2 Å². The quantitative estimate of drug-likeness (QED) is 0.522. The monoisotopic (exact) mass is 528 g/mol. The van der Waals surface area contributed by atoms with Gasteiger partial charge in [0.1, 0.15) is 4.88 Å². The molecule has 36 heavy (non-hydrogen) atoms. The molecule has 1 saturated heterocycles. The van der Waals surface area contributed by atoms with E-state index in [-0.39, 0.29) is 22.7 Å². The van der Waals surface area contributed by atoms with Crippen LogP contribution in [-0.2, 0) is 16.6 Å². The van der Waals surface area contributed by atoms with Gasteiger partial charge in [0.05, 0.1) is 10.6 Å². The van der Waals surface area contributed by atoms with Crippen molar-refractivity contribution in [2.24, 2.45) is 0 Å². The summed E-state index contributed by atoms with van der Waals surface area (Å²) < 4.78 is 39.2. The van der Waals surface area contributed by atoms with Crippen LogP contribution in [0.15, 0.2) is 41.3 Å². The third kappa shape index (κ3) is 5.04. The predicted molar refractivity (Wildman–Crippen MR) is 137 cm³/mol. The van der Waals surface area contributed by atoms with E-state index in [0.29, 0.717) is 29.2 Å². The Morgan fingerprint density at radius 2 is 1.78 bits per heavy atom. The van der Waals surface area contributed by atoms with Crippen LogP contribution in [0.3, 0.4) is 0 Å². The number of piperazine rings is 1. The van der Waals surface area contributed by atoms with Crippen LogP contribution >= 0.6 is 11.3 Å². The van der Waals surface area contributed by atoms with E-state index in [1.165, 1.54) is 0 Å². The summed E-state index contributed by atoms with van der Waals surface area (Å²) in [5.41, 5.74) is 3.30. The number of sulfonamides is 1. The maximum Gasteiger partial charge on any atom is 0.266 e. The second-order valence-corrected chi connectivity index (χ2v) is 11.7.